The first-order valence-corrected chi connectivity index (χ1v) is 9.28. The first kappa shape index (κ1) is 18.1. The van der Waals surface area contributed by atoms with Gasteiger partial charge in [0, 0.05) is 15.7 Å². The molecular weight excluding hydrogens is 422 g/mol. The van der Waals surface area contributed by atoms with Crippen molar-refractivity contribution in [1.29, 1.82) is 0 Å². The first-order chi connectivity index (χ1) is 13.6. The lowest BCUT2D eigenvalue weighted by molar-refractivity contribution is 0.102. The highest BCUT2D eigenvalue weighted by atomic mass is 79.9. The lowest BCUT2D eigenvalue weighted by Crippen LogP contribution is -2.18. The predicted molar refractivity (Wildman–Crippen MR) is 110 cm³/mol. The van der Waals surface area contributed by atoms with Gasteiger partial charge < -0.3 is 10.1 Å². The molecule has 7 nitrogen and oxygen atoms in total. The molecule has 0 radical (unpaired) electrons. The number of nitrogens with zero attached hydrogens (tertiary/aromatic N) is 4. The van der Waals surface area contributed by atoms with Crippen LogP contribution in [0.15, 0.2) is 59.2 Å². The maximum Gasteiger partial charge on any atom is 0.278 e. The molecule has 0 aliphatic carbocycles. The van der Waals surface area contributed by atoms with E-state index in [0.29, 0.717) is 22.8 Å². The number of aromatic nitrogens is 4. The lowest BCUT2D eigenvalue weighted by Gasteiger charge is -2.08. The average molecular weight is 438 g/mol. The van der Waals surface area contributed by atoms with Crippen molar-refractivity contribution in [2.45, 2.75) is 6.92 Å². The molecular formula is C20H16BrN5O2. The maximum absolute atomic E-state index is 12.7. The van der Waals surface area contributed by atoms with Crippen LogP contribution in [0.3, 0.4) is 0 Å². The van der Waals surface area contributed by atoms with Crippen molar-refractivity contribution in [3.63, 3.8) is 0 Å². The number of amides is 1. The molecule has 2 aromatic heterocycles. The first-order valence-electron chi connectivity index (χ1n) is 8.49. The van der Waals surface area contributed by atoms with Crippen molar-refractivity contribution in [3.8, 4) is 16.9 Å². The van der Waals surface area contributed by atoms with Crippen LogP contribution in [0, 0.1) is 6.92 Å². The van der Waals surface area contributed by atoms with Crippen molar-refractivity contribution < 1.29 is 9.53 Å². The highest BCUT2D eigenvalue weighted by Crippen LogP contribution is 2.25. The van der Waals surface area contributed by atoms with Gasteiger partial charge in [0.2, 0.25) is 0 Å². The number of fused-ring (bicyclic) bond motifs is 1. The zero-order valence-electron chi connectivity index (χ0n) is 15.2. The second-order valence-corrected chi connectivity index (χ2v) is 7.03. The maximum atomic E-state index is 12.7. The molecule has 0 saturated heterocycles. The number of aryl methyl sites for hydroxylation is 1. The Balaban J connectivity index is 1.66. The van der Waals surface area contributed by atoms with Gasteiger partial charge in [-0.25, -0.2) is 4.52 Å². The van der Waals surface area contributed by atoms with E-state index >= 15 is 0 Å². The zero-order valence-corrected chi connectivity index (χ0v) is 16.8. The number of hydrogen-bond donors (Lipinski definition) is 1. The van der Waals surface area contributed by atoms with E-state index in [1.165, 1.54) is 0 Å². The molecule has 4 aromatic rings. The van der Waals surface area contributed by atoms with Gasteiger partial charge in [-0.3, -0.25) is 4.79 Å². The number of anilines is 1. The fourth-order valence-electron chi connectivity index (χ4n) is 2.86. The summed E-state index contributed by atoms with van der Waals surface area (Å²) >= 11 is 3.43. The summed E-state index contributed by atoms with van der Waals surface area (Å²) in [5.74, 6) is 0.366. The minimum atomic E-state index is -0.349. The Morgan fingerprint density at radius 3 is 2.46 bits per heavy atom. The highest BCUT2D eigenvalue weighted by molar-refractivity contribution is 9.10. The quantitative estimate of drug-likeness (QED) is 0.519. The molecule has 140 valence electrons. The fraction of sp³-hybridized carbons (Fsp3) is 0.100. The molecule has 28 heavy (non-hydrogen) atoms. The van der Waals surface area contributed by atoms with E-state index in [1.807, 2.05) is 24.3 Å². The Morgan fingerprint density at radius 2 is 1.79 bits per heavy atom. The van der Waals surface area contributed by atoms with Crippen molar-refractivity contribution in [2.75, 3.05) is 12.4 Å². The molecule has 0 spiro atoms. The molecule has 1 N–H and O–H groups in total. The molecule has 0 atom stereocenters. The molecule has 2 heterocycles. The van der Waals surface area contributed by atoms with Crippen LogP contribution in [0.5, 0.6) is 5.75 Å². The highest BCUT2D eigenvalue weighted by Gasteiger charge is 2.18. The number of nitrogens with one attached hydrogen (secondary N) is 1. The number of carbonyl (C=O) groups excluding carboxylic acids is 1. The zero-order chi connectivity index (χ0) is 19.7. The molecule has 0 aliphatic heterocycles. The summed E-state index contributed by atoms with van der Waals surface area (Å²) < 4.78 is 7.75. The van der Waals surface area contributed by atoms with Crippen molar-refractivity contribution in [2.24, 2.45) is 0 Å². The number of halogens is 1. The van der Waals surface area contributed by atoms with E-state index in [0.717, 1.165) is 15.6 Å². The molecule has 2 aromatic carbocycles. The summed E-state index contributed by atoms with van der Waals surface area (Å²) in [6, 6.07) is 14.9. The summed E-state index contributed by atoms with van der Waals surface area (Å²) in [5, 5.41) is 15.6. The Bertz CT molecular complexity index is 1150. The summed E-state index contributed by atoms with van der Waals surface area (Å²) in [5.41, 5.74) is 3.89. The number of rotatable bonds is 4. The Kier molecular flexibility index (Phi) is 4.79. The van der Waals surface area contributed by atoms with Gasteiger partial charge >= 0.3 is 0 Å². The standard InChI is InChI=1S/C20H16BrN5O2/c1-12-18(20(27)23-15-7-9-16(28-2)10-8-15)24-25-19-17(11-22-26(12)19)13-3-5-14(21)6-4-13/h3-11H,1-2H3,(H,23,27). The molecule has 8 heteroatoms. The minimum Gasteiger partial charge on any atom is -0.497 e. The van der Waals surface area contributed by atoms with Gasteiger partial charge in [0.15, 0.2) is 11.3 Å². The van der Waals surface area contributed by atoms with Crippen LogP contribution in [-0.2, 0) is 0 Å². The second kappa shape index (κ2) is 7.40. The SMILES string of the molecule is COc1ccc(NC(=O)c2nnc3c(-c4ccc(Br)cc4)cnn3c2C)cc1. The van der Waals surface area contributed by atoms with Crippen LogP contribution in [0.2, 0.25) is 0 Å². The molecule has 4 rings (SSSR count). The summed E-state index contributed by atoms with van der Waals surface area (Å²) in [6.45, 7) is 1.79. The number of methoxy groups -OCH3 is 1. The Labute approximate surface area is 169 Å². The Hall–Kier alpha value is -3.26. The van der Waals surface area contributed by atoms with Crippen molar-refractivity contribution in [3.05, 3.63) is 70.6 Å². The number of hydrogen-bond acceptors (Lipinski definition) is 5. The molecule has 0 fully saturated rings. The molecule has 0 aliphatic rings. The second-order valence-electron chi connectivity index (χ2n) is 6.12. The van der Waals surface area contributed by atoms with E-state index in [-0.39, 0.29) is 11.6 Å². The third-order valence-electron chi connectivity index (χ3n) is 4.37. The van der Waals surface area contributed by atoms with Gasteiger partial charge in [0.25, 0.3) is 5.91 Å². The fourth-order valence-corrected chi connectivity index (χ4v) is 3.13. The van der Waals surface area contributed by atoms with Gasteiger partial charge in [-0.2, -0.15) is 5.10 Å². The summed E-state index contributed by atoms with van der Waals surface area (Å²) in [4.78, 5) is 12.7. The largest absolute Gasteiger partial charge is 0.497 e. The normalized spacial score (nSPS) is 10.8. The lowest BCUT2D eigenvalue weighted by atomic mass is 10.1. The third-order valence-corrected chi connectivity index (χ3v) is 4.90. The van der Waals surface area contributed by atoms with E-state index in [2.05, 4.69) is 36.5 Å². The number of carbonyl (C=O) groups is 1. The van der Waals surface area contributed by atoms with Crippen LogP contribution in [0.25, 0.3) is 16.8 Å². The van der Waals surface area contributed by atoms with Gasteiger partial charge in [-0.15, -0.1) is 10.2 Å². The van der Waals surface area contributed by atoms with Crippen LogP contribution in [0.1, 0.15) is 16.2 Å². The molecule has 0 bridgehead atoms. The minimum absolute atomic E-state index is 0.216. The summed E-state index contributed by atoms with van der Waals surface area (Å²) in [6.07, 6.45) is 1.73. The smallest absolute Gasteiger partial charge is 0.278 e. The summed E-state index contributed by atoms with van der Waals surface area (Å²) in [7, 11) is 1.59. The van der Waals surface area contributed by atoms with Crippen LogP contribution in [-0.4, -0.2) is 32.8 Å². The van der Waals surface area contributed by atoms with E-state index in [1.54, 1.807) is 49.0 Å². The van der Waals surface area contributed by atoms with Crippen LogP contribution < -0.4 is 10.1 Å². The number of ether oxygens (including phenoxy) is 1. The topological polar surface area (TPSA) is 81.4 Å². The average Bonchev–Trinajstić information content (AvgIpc) is 3.14. The van der Waals surface area contributed by atoms with Crippen LogP contribution in [0.4, 0.5) is 5.69 Å². The molecule has 0 unspecified atom stereocenters. The van der Waals surface area contributed by atoms with E-state index in [4.69, 9.17) is 4.74 Å². The van der Waals surface area contributed by atoms with Gasteiger partial charge in [0.05, 0.1) is 19.0 Å². The van der Waals surface area contributed by atoms with E-state index < -0.39 is 0 Å². The monoisotopic (exact) mass is 437 g/mol. The third kappa shape index (κ3) is 3.34. The molecule has 0 saturated carbocycles. The predicted octanol–water partition coefficient (Wildman–Crippen LogP) is 4.12. The Morgan fingerprint density at radius 1 is 1.07 bits per heavy atom. The van der Waals surface area contributed by atoms with Gasteiger partial charge in [-0.05, 0) is 48.9 Å². The van der Waals surface area contributed by atoms with Gasteiger partial charge in [0.1, 0.15) is 5.75 Å². The van der Waals surface area contributed by atoms with Crippen molar-refractivity contribution >= 4 is 33.2 Å². The molecule has 1 amide bonds. The van der Waals surface area contributed by atoms with E-state index in [9.17, 15) is 4.79 Å². The van der Waals surface area contributed by atoms with Gasteiger partial charge in [-0.1, -0.05) is 28.1 Å². The van der Waals surface area contributed by atoms with Crippen LogP contribution >= 0.6 is 15.9 Å². The van der Waals surface area contributed by atoms with Crippen molar-refractivity contribution in [1.82, 2.24) is 19.8 Å². The number of benzene rings is 2.